The standard InChI is InChI=1S/C24H24N4O10/c1-6-37-24(31)21-20(22(30)16-11-18(35-4)19(36-5)12-17(16)28(32)33)25-27(26-21)23(38-13(2)29)14-7-9-15(34-3)10-8-14/h7-12,23H,6H2,1-5H3. The highest BCUT2D eigenvalue weighted by atomic mass is 16.6. The summed E-state index contributed by atoms with van der Waals surface area (Å²) in [5, 5.41) is 20.0. The molecule has 38 heavy (non-hydrogen) atoms. The fourth-order valence-electron chi connectivity index (χ4n) is 3.42. The lowest BCUT2D eigenvalue weighted by Crippen LogP contribution is -2.20. The van der Waals surface area contributed by atoms with Gasteiger partial charge in [-0.15, -0.1) is 15.0 Å². The lowest BCUT2D eigenvalue weighted by atomic mass is 10.0. The number of ketones is 1. The van der Waals surface area contributed by atoms with Gasteiger partial charge in [0.25, 0.3) is 5.69 Å². The SMILES string of the molecule is CCOC(=O)c1nn(C(OC(C)=O)c2ccc(OC)cc2)nc1C(=O)c1cc(OC)c(OC)cc1[N+](=O)[O-]. The highest BCUT2D eigenvalue weighted by molar-refractivity contribution is 6.14. The molecule has 0 aliphatic carbocycles. The summed E-state index contributed by atoms with van der Waals surface area (Å²) in [5.74, 6) is -2.18. The molecule has 2 aromatic carbocycles. The van der Waals surface area contributed by atoms with Crippen LogP contribution in [-0.4, -0.2) is 65.6 Å². The normalized spacial score (nSPS) is 11.3. The third-order valence-corrected chi connectivity index (χ3v) is 5.14. The number of carbonyl (C=O) groups is 3. The Balaban J connectivity index is 2.22. The van der Waals surface area contributed by atoms with Crippen molar-refractivity contribution in [1.29, 1.82) is 0 Å². The Morgan fingerprint density at radius 2 is 1.58 bits per heavy atom. The molecule has 1 heterocycles. The monoisotopic (exact) mass is 528 g/mol. The number of nitro benzene ring substituents is 1. The number of hydrogen-bond acceptors (Lipinski definition) is 12. The Hall–Kier alpha value is -5.01. The van der Waals surface area contributed by atoms with E-state index < -0.39 is 51.5 Å². The quantitative estimate of drug-likeness (QED) is 0.154. The molecule has 0 saturated carbocycles. The lowest BCUT2D eigenvalue weighted by Gasteiger charge is -2.16. The van der Waals surface area contributed by atoms with E-state index in [1.165, 1.54) is 21.3 Å². The summed E-state index contributed by atoms with van der Waals surface area (Å²) < 4.78 is 25.8. The molecule has 3 aromatic rings. The Morgan fingerprint density at radius 3 is 2.11 bits per heavy atom. The average Bonchev–Trinajstić information content (AvgIpc) is 3.36. The first kappa shape index (κ1) is 27.6. The maximum Gasteiger partial charge on any atom is 0.361 e. The molecule has 0 radical (unpaired) electrons. The van der Waals surface area contributed by atoms with Gasteiger partial charge in [0.2, 0.25) is 17.7 Å². The van der Waals surface area contributed by atoms with Crippen molar-refractivity contribution in [1.82, 2.24) is 15.0 Å². The molecule has 0 N–H and O–H groups in total. The third kappa shape index (κ3) is 5.69. The van der Waals surface area contributed by atoms with E-state index in [2.05, 4.69) is 10.2 Å². The molecule has 0 amide bonds. The molecule has 0 fully saturated rings. The first-order valence-corrected chi connectivity index (χ1v) is 11.0. The molecular weight excluding hydrogens is 504 g/mol. The lowest BCUT2D eigenvalue weighted by molar-refractivity contribution is -0.385. The van der Waals surface area contributed by atoms with E-state index in [0.717, 1.165) is 23.9 Å². The Kier molecular flexibility index (Phi) is 8.57. The van der Waals surface area contributed by atoms with Crippen LogP contribution in [0.3, 0.4) is 0 Å². The van der Waals surface area contributed by atoms with Crippen LogP contribution in [0.2, 0.25) is 0 Å². The summed E-state index contributed by atoms with van der Waals surface area (Å²) in [7, 11) is 4.04. The minimum Gasteiger partial charge on any atom is -0.497 e. The summed E-state index contributed by atoms with van der Waals surface area (Å²) in [4.78, 5) is 50.0. The number of esters is 2. The first-order chi connectivity index (χ1) is 18.1. The second kappa shape index (κ2) is 11.8. The Labute approximate surface area is 216 Å². The van der Waals surface area contributed by atoms with Crippen LogP contribution in [0.15, 0.2) is 36.4 Å². The number of carbonyl (C=O) groups excluding carboxylic acids is 3. The number of rotatable bonds is 11. The van der Waals surface area contributed by atoms with Gasteiger partial charge in [-0.2, -0.15) is 0 Å². The van der Waals surface area contributed by atoms with E-state index in [-0.39, 0.29) is 18.1 Å². The van der Waals surface area contributed by atoms with Crippen molar-refractivity contribution < 1.29 is 43.0 Å². The Bertz CT molecular complexity index is 1370. The fraction of sp³-hybridized carbons (Fsp3) is 0.292. The van der Waals surface area contributed by atoms with Crippen molar-refractivity contribution >= 4 is 23.4 Å². The maximum absolute atomic E-state index is 13.6. The molecule has 0 aliphatic heterocycles. The average molecular weight is 528 g/mol. The molecule has 0 bridgehead atoms. The zero-order valence-corrected chi connectivity index (χ0v) is 21.1. The number of nitro groups is 1. The van der Waals surface area contributed by atoms with Gasteiger partial charge in [-0.25, -0.2) is 4.79 Å². The van der Waals surface area contributed by atoms with Gasteiger partial charge in [-0.05, 0) is 31.2 Å². The number of methoxy groups -OCH3 is 3. The molecule has 1 unspecified atom stereocenters. The van der Waals surface area contributed by atoms with Crippen LogP contribution in [0.25, 0.3) is 0 Å². The van der Waals surface area contributed by atoms with Gasteiger partial charge >= 0.3 is 11.9 Å². The predicted octanol–water partition coefficient (Wildman–Crippen LogP) is 2.73. The number of ether oxygens (including phenoxy) is 5. The molecule has 3 rings (SSSR count). The van der Waals surface area contributed by atoms with Crippen molar-refractivity contribution in [2.75, 3.05) is 27.9 Å². The van der Waals surface area contributed by atoms with Crippen molar-refractivity contribution in [2.24, 2.45) is 0 Å². The van der Waals surface area contributed by atoms with Gasteiger partial charge in [0.15, 0.2) is 17.2 Å². The molecule has 14 nitrogen and oxygen atoms in total. The van der Waals surface area contributed by atoms with Gasteiger partial charge in [0, 0.05) is 18.6 Å². The van der Waals surface area contributed by atoms with Crippen LogP contribution in [-0.2, 0) is 14.3 Å². The molecule has 0 spiro atoms. The predicted molar refractivity (Wildman–Crippen MR) is 129 cm³/mol. The van der Waals surface area contributed by atoms with Crippen LogP contribution in [0.4, 0.5) is 5.69 Å². The van der Waals surface area contributed by atoms with Crippen LogP contribution in [0, 0.1) is 10.1 Å². The van der Waals surface area contributed by atoms with E-state index in [1.54, 1.807) is 31.2 Å². The molecular formula is C24H24N4O10. The second-order valence-electron chi connectivity index (χ2n) is 7.48. The van der Waals surface area contributed by atoms with Crippen LogP contribution in [0.5, 0.6) is 17.2 Å². The van der Waals surface area contributed by atoms with Crippen molar-refractivity contribution in [3.8, 4) is 17.2 Å². The topological polar surface area (TPSA) is 171 Å². The van der Waals surface area contributed by atoms with E-state index in [0.29, 0.717) is 11.3 Å². The third-order valence-electron chi connectivity index (χ3n) is 5.14. The number of benzene rings is 2. The fourth-order valence-corrected chi connectivity index (χ4v) is 3.42. The minimum atomic E-state index is -1.30. The minimum absolute atomic E-state index is 0.0134. The molecule has 14 heteroatoms. The summed E-state index contributed by atoms with van der Waals surface area (Å²) >= 11 is 0. The number of aromatic nitrogens is 3. The number of hydrogen-bond donors (Lipinski definition) is 0. The van der Waals surface area contributed by atoms with E-state index in [9.17, 15) is 24.5 Å². The summed E-state index contributed by atoms with van der Waals surface area (Å²) in [5.41, 5.74) is -1.79. The van der Waals surface area contributed by atoms with Crippen molar-refractivity contribution in [2.45, 2.75) is 20.1 Å². The van der Waals surface area contributed by atoms with Crippen molar-refractivity contribution in [3.63, 3.8) is 0 Å². The van der Waals surface area contributed by atoms with Gasteiger partial charge in [0.05, 0.1) is 38.9 Å². The first-order valence-electron chi connectivity index (χ1n) is 11.0. The number of nitrogens with zero attached hydrogens (tertiary/aromatic N) is 4. The van der Waals surface area contributed by atoms with E-state index in [4.69, 9.17) is 23.7 Å². The zero-order chi connectivity index (χ0) is 28.0. The highest BCUT2D eigenvalue weighted by Crippen LogP contribution is 2.36. The molecule has 0 saturated heterocycles. The molecule has 1 aromatic heterocycles. The maximum atomic E-state index is 13.6. The molecule has 1 atom stereocenters. The van der Waals surface area contributed by atoms with Gasteiger partial charge in [-0.3, -0.25) is 19.7 Å². The van der Waals surface area contributed by atoms with Gasteiger partial charge in [-0.1, -0.05) is 0 Å². The summed E-state index contributed by atoms with van der Waals surface area (Å²) in [6, 6.07) is 8.45. The molecule has 200 valence electrons. The largest absolute Gasteiger partial charge is 0.497 e. The van der Waals surface area contributed by atoms with Gasteiger partial charge < -0.3 is 23.7 Å². The highest BCUT2D eigenvalue weighted by Gasteiger charge is 2.34. The smallest absolute Gasteiger partial charge is 0.361 e. The molecule has 0 aliphatic rings. The van der Waals surface area contributed by atoms with Crippen LogP contribution in [0.1, 0.15) is 52.2 Å². The Morgan fingerprint density at radius 1 is 0.974 bits per heavy atom. The zero-order valence-electron chi connectivity index (χ0n) is 21.1. The van der Waals surface area contributed by atoms with E-state index >= 15 is 0 Å². The summed E-state index contributed by atoms with van der Waals surface area (Å²) in [6.07, 6.45) is -1.30. The summed E-state index contributed by atoms with van der Waals surface area (Å²) in [6.45, 7) is 2.65. The van der Waals surface area contributed by atoms with Crippen LogP contribution < -0.4 is 14.2 Å². The van der Waals surface area contributed by atoms with Crippen molar-refractivity contribution in [3.05, 3.63) is 69.0 Å². The van der Waals surface area contributed by atoms with Gasteiger partial charge in [0.1, 0.15) is 11.3 Å². The second-order valence-corrected chi connectivity index (χ2v) is 7.48. The van der Waals surface area contributed by atoms with E-state index in [1.807, 2.05) is 0 Å². The van der Waals surface area contributed by atoms with Crippen LogP contribution >= 0.6 is 0 Å².